The fourth-order valence-electron chi connectivity index (χ4n) is 2.55. The molecule has 2 aromatic carbocycles. The molecule has 0 radical (unpaired) electrons. The van der Waals surface area contributed by atoms with Crippen LogP contribution in [0.15, 0.2) is 42.5 Å². The largest absolute Gasteiger partial charge is 0.491 e. The lowest BCUT2D eigenvalue weighted by molar-refractivity contribution is 0.318. The highest BCUT2D eigenvalue weighted by atomic mass is 16.5. The Hall–Kier alpha value is -1.96. The first-order chi connectivity index (χ1) is 10.1. The van der Waals surface area contributed by atoms with Crippen LogP contribution in [0.25, 0.3) is 0 Å². The second kappa shape index (κ2) is 7.16. The predicted molar refractivity (Wildman–Crippen MR) is 90.2 cm³/mol. The van der Waals surface area contributed by atoms with E-state index in [9.17, 15) is 0 Å². The first-order valence-electron chi connectivity index (χ1n) is 7.67. The standard InChI is InChI=1S/C19H25NO/c1-5-12-21-19-9-7-6-8-18(19)20-16(4)17-11-10-14(2)13-15(17)3/h6-11,13,16,20H,5,12H2,1-4H3. The summed E-state index contributed by atoms with van der Waals surface area (Å²) in [6, 6.07) is 15.0. The Morgan fingerprint density at radius 2 is 1.86 bits per heavy atom. The molecule has 2 nitrogen and oxygen atoms in total. The molecule has 0 fully saturated rings. The van der Waals surface area contributed by atoms with Gasteiger partial charge >= 0.3 is 0 Å². The van der Waals surface area contributed by atoms with Crippen LogP contribution in [0.3, 0.4) is 0 Å². The molecule has 0 spiro atoms. The van der Waals surface area contributed by atoms with Crippen molar-refractivity contribution in [3.05, 3.63) is 59.2 Å². The van der Waals surface area contributed by atoms with Gasteiger partial charge < -0.3 is 10.1 Å². The molecule has 0 aliphatic rings. The Morgan fingerprint density at radius 3 is 2.57 bits per heavy atom. The number of benzene rings is 2. The van der Waals surface area contributed by atoms with E-state index in [0.717, 1.165) is 24.5 Å². The van der Waals surface area contributed by atoms with Crippen molar-refractivity contribution in [2.24, 2.45) is 0 Å². The van der Waals surface area contributed by atoms with Crippen LogP contribution >= 0.6 is 0 Å². The first-order valence-corrected chi connectivity index (χ1v) is 7.67. The second-order valence-electron chi connectivity index (χ2n) is 5.57. The van der Waals surface area contributed by atoms with Crippen LogP contribution in [-0.4, -0.2) is 6.61 Å². The molecule has 2 heteroatoms. The summed E-state index contributed by atoms with van der Waals surface area (Å²) in [5.74, 6) is 0.927. The van der Waals surface area contributed by atoms with E-state index >= 15 is 0 Å². The second-order valence-corrected chi connectivity index (χ2v) is 5.57. The van der Waals surface area contributed by atoms with Gasteiger partial charge in [-0.25, -0.2) is 0 Å². The third kappa shape index (κ3) is 4.01. The van der Waals surface area contributed by atoms with Crippen molar-refractivity contribution in [3.63, 3.8) is 0 Å². The number of ether oxygens (including phenoxy) is 1. The van der Waals surface area contributed by atoms with E-state index in [1.165, 1.54) is 16.7 Å². The van der Waals surface area contributed by atoms with Crippen LogP contribution in [0, 0.1) is 13.8 Å². The van der Waals surface area contributed by atoms with E-state index in [1.54, 1.807) is 0 Å². The van der Waals surface area contributed by atoms with Gasteiger partial charge in [0.2, 0.25) is 0 Å². The van der Waals surface area contributed by atoms with E-state index in [4.69, 9.17) is 4.74 Å². The molecule has 0 aliphatic carbocycles. The monoisotopic (exact) mass is 283 g/mol. The van der Waals surface area contributed by atoms with Crippen LogP contribution in [0.1, 0.15) is 43.0 Å². The van der Waals surface area contributed by atoms with Crippen molar-refractivity contribution in [2.45, 2.75) is 40.2 Å². The SMILES string of the molecule is CCCOc1ccccc1NC(C)c1ccc(C)cc1C. The topological polar surface area (TPSA) is 21.3 Å². The lowest BCUT2D eigenvalue weighted by Gasteiger charge is -2.20. The Morgan fingerprint density at radius 1 is 1.10 bits per heavy atom. The third-order valence-corrected chi connectivity index (χ3v) is 3.61. The minimum atomic E-state index is 0.247. The molecule has 1 atom stereocenters. The van der Waals surface area contributed by atoms with Crippen LogP contribution in [-0.2, 0) is 0 Å². The summed E-state index contributed by atoms with van der Waals surface area (Å²) in [6.45, 7) is 9.35. The van der Waals surface area contributed by atoms with Gasteiger partial charge in [0, 0.05) is 6.04 Å². The molecule has 0 aliphatic heterocycles. The van der Waals surface area contributed by atoms with Crippen molar-refractivity contribution in [3.8, 4) is 5.75 Å². The summed E-state index contributed by atoms with van der Waals surface area (Å²) in [7, 11) is 0. The van der Waals surface area contributed by atoms with Crippen molar-refractivity contribution >= 4 is 5.69 Å². The van der Waals surface area contributed by atoms with Crippen molar-refractivity contribution in [1.29, 1.82) is 0 Å². The molecule has 112 valence electrons. The van der Waals surface area contributed by atoms with Crippen LogP contribution < -0.4 is 10.1 Å². The van der Waals surface area contributed by atoms with E-state index in [2.05, 4.69) is 57.3 Å². The molecule has 0 bridgehead atoms. The molecule has 0 amide bonds. The third-order valence-electron chi connectivity index (χ3n) is 3.61. The maximum Gasteiger partial charge on any atom is 0.142 e. The summed E-state index contributed by atoms with van der Waals surface area (Å²) < 4.78 is 5.81. The summed E-state index contributed by atoms with van der Waals surface area (Å²) >= 11 is 0. The molecule has 0 aromatic heterocycles. The van der Waals surface area contributed by atoms with Gasteiger partial charge in [-0.1, -0.05) is 42.8 Å². The zero-order chi connectivity index (χ0) is 15.2. The fraction of sp³-hybridized carbons (Fsp3) is 0.368. The molecule has 2 rings (SSSR count). The maximum absolute atomic E-state index is 5.81. The Labute approximate surface area is 128 Å². The summed E-state index contributed by atoms with van der Waals surface area (Å²) in [5, 5.41) is 3.57. The average molecular weight is 283 g/mol. The van der Waals surface area contributed by atoms with E-state index in [-0.39, 0.29) is 6.04 Å². The molecule has 0 heterocycles. The number of para-hydroxylation sites is 2. The van der Waals surface area contributed by atoms with Gasteiger partial charge in [-0.2, -0.15) is 0 Å². The van der Waals surface area contributed by atoms with Gasteiger partial charge in [0.05, 0.1) is 12.3 Å². The normalized spacial score (nSPS) is 12.0. The average Bonchev–Trinajstić information content (AvgIpc) is 2.46. The molecular weight excluding hydrogens is 258 g/mol. The number of nitrogens with one attached hydrogen (secondary N) is 1. The summed E-state index contributed by atoms with van der Waals surface area (Å²) in [5.41, 5.74) is 5.00. The van der Waals surface area contributed by atoms with E-state index in [1.807, 2.05) is 18.2 Å². The minimum Gasteiger partial charge on any atom is -0.491 e. The molecule has 21 heavy (non-hydrogen) atoms. The van der Waals surface area contributed by atoms with Gasteiger partial charge in [0.1, 0.15) is 5.75 Å². The Kier molecular flexibility index (Phi) is 5.26. The quantitative estimate of drug-likeness (QED) is 0.780. The lowest BCUT2D eigenvalue weighted by atomic mass is 10.00. The highest BCUT2D eigenvalue weighted by Crippen LogP contribution is 2.29. The van der Waals surface area contributed by atoms with Crippen molar-refractivity contribution in [1.82, 2.24) is 0 Å². The van der Waals surface area contributed by atoms with Crippen molar-refractivity contribution in [2.75, 3.05) is 11.9 Å². The molecule has 0 saturated heterocycles. The maximum atomic E-state index is 5.81. The fourth-order valence-corrected chi connectivity index (χ4v) is 2.55. The number of hydrogen-bond acceptors (Lipinski definition) is 2. The first kappa shape index (κ1) is 15.4. The highest BCUT2D eigenvalue weighted by Gasteiger charge is 2.11. The van der Waals surface area contributed by atoms with Crippen LogP contribution in [0.5, 0.6) is 5.75 Å². The summed E-state index contributed by atoms with van der Waals surface area (Å²) in [4.78, 5) is 0. The molecule has 0 saturated carbocycles. The highest BCUT2D eigenvalue weighted by molar-refractivity contribution is 5.57. The summed E-state index contributed by atoms with van der Waals surface area (Å²) in [6.07, 6.45) is 1.01. The van der Waals surface area contributed by atoms with Gasteiger partial charge in [-0.15, -0.1) is 0 Å². The Bertz CT molecular complexity index is 592. The van der Waals surface area contributed by atoms with Crippen LogP contribution in [0.4, 0.5) is 5.69 Å². The van der Waals surface area contributed by atoms with Gasteiger partial charge in [-0.3, -0.25) is 0 Å². The molecule has 1 unspecified atom stereocenters. The molecule has 2 aromatic rings. The minimum absolute atomic E-state index is 0.247. The number of aryl methyl sites for hydroxylation is 2. The molecule has 1 N–H and O–H groups in total. The smallest absolute Gasteiger partial charge is 0.142 e. The number of hydrogen-bond donors (Lipinski definition) is 1. The lowest BCUT2D eigenvalue weighted by Crippen LogP contribution is -2.10. The zero-order valence-electron chi connectivity index (χ0n) is 13.4. The number of rotatable bonds is 6. The van der Waals surface area contributed by atoms with Crippen LogP contribution in [0.2, 0.25) is 0 Å². The van der Waals surface area contributed by atoms with E-state index < -0.39 is 0 Å². The van der Waals surface area contributed by atoms with Gasteiger partial charge in [-0.05, 0) is 50.5 Å². The number of anilines is 1. The zero-order valence-corrected chi connectivity index (χ0v) is 13.4. The van der Waals surface area contributed by atoms with Crippen molar-refractivity contribution < 1.29 is 4.74 Å². The molecular formula is C19H25NO. The van der Waals surface area contributed by atoms with E-state index in [0.29, 0.717) is 0 Å². The Balaban J connectivity index is 2.17. The van der Waals surface area contributed by atoms with Gasteiger partial charge in [0.15, 0.2) is 0 Å². The predicted octanol–water partition coefficient (Wildman–Crippen LogP) is 5.27. The van der Waals surface area contributed by atoms with Gasteiger partial charge in [0.25, 0.3) is 0 Å².